The molecule has 0 aromatic heterocycles. The molecular formula is C19H16O2. The molecule has 0 fully saturated rings. The number of allylic oxidation sites excluding steroid dienone is 4. The Hall–Kier alpha value is -2.87. The molecule has 2 rings (SSSR count). The van der Waals surface area contributed by atoms with Gasteiger partial charge in [0, 0.05) is 11.6 Å². The van der Waals surface area contributed by atoms with E-state index in [0.29, 0.717) is 5.56 Å². The summed E-state index contributed by atoms with van der Waals surface area (Å²) in [5.41, 5.74) is 1.69. The minimum atomic E-state index is -0.255. The molecule has 0 saturated carbocycles. The van der Waals surface area contributed by atoms with Crippen LogP contribution in [0.3, 0.4) is 0 Å². The molecule has 0 aliphatic carbocycles. The molecular weight excluding hydrogens is 260 g/mol. The Kier molecular flexibility index (Phi) is 5.30. The number of carbonyl (C=O) groups excluding carboxylic acids is 1. The second-order valence-corrected chi connectivity index (χ2v) is 4.43. The Morgan fingerprint density at radius 1 is 0.857 bits per heavy atom. The second kappa shape index (κ2) is 7.65. The first-order valence-corrected chi connectivity index (χ1v) is 6.65. The highest BCUT2D eigenvalue weighted by atomic mass is 16.3. The maximum absolute atomic E-state index is 11.7. The third-order valence-corrected chi connectivity index (χ3v) is 2.81. The van der Waals surface area contributed by atoms with Crippen molar-refractivity contribution >= 4 is 17.6 Å². The molecule has 2 aromatic carbocycles. The molecule has 0 amide bonds. The molecule has 21 heavy (non-hydrogen) atoms. The van der Waals surface area contributed by atoms with E-state index in [-0.39, 0.29) is 11.5 Å². The molecule has 0 aliphatic heterocycles. The molecule has 0 saturated heterocycles. The number of carbonyl (C=O) groups is 1. The van der Waals surface area contributed by atoms with Crippen molar-refractivity contribution in [1.82, 2.24) is 0 Å². The summed E-state index contributed by atoms with van der Waals surface area (Å²) >= 11 is 0. The average Bonchev–Trinajstić information content (AvgIpc) is 2.53. The fourth-order valence-corrected chi connectivity index (χ4v) is 1.76. The van der Waals surface area contributed by atoms with Crippen molar-refractivity contribution in [1.29, 1.82) is 0 Å². The number of aliphatic hydroxyl groups excluding tert-OH is 1. The van der Waals surface area contributed by atoms with Crippen molar-refractivity contribution in [2.24, 2.45) is 0 Å². The Bertz CT molecular complexity index is 665. The van der Waals surface area contributed by atoms with Crippen LogP contribution in [0, 0.1) is 0 Å². The van der Waals surface area contributed by atoms with Crippen molar-refractivity contribution in [2.45, 2.75) is 0 Å². The number of hydrogen-bond donors (Lipinski definition) is 1. The molecule has 0 spiro atoms. The van der Waals surface area contributed by atoms with Gasteiger partial charge in [-0.15, -0.1) is 0 Å². The van der Waals surface area contributed by atoms with Gasteiger partial charge in [-0.25, -0.2) is 0 Å². The van der Waals surface area contributed by atoms with Crippen molar-refractivity contribution in [2.75, 3.05) is 0 Å². The number of aliphatic hydroxyl groups is 1. The summed E-state index contributed by atoms with van der Waals surface area (Å²) in [6.07, 6.45) is 7.98. The van der Waals surface area contributed by atoms with Gasteiger partial charge in [0.05, 0.1) is 0 Å². The first-order valence-electron chi connectivity index (χ1n) is 6.65. The Balaban J connectivity index is 1.95. The molecule has 104 valence electrons. The van der Waals surface area contributed by atoms with E-state index in [9.17, 15) is 9.90 Å². The van der Waals surface area contributed by atoms with Gasteiger partial charge in [-0.05, 0) is 11.6 Å². The summed E-state index contributed by atoms with van der Waals surface area (Å²) in [5.74, 6) is -0.286. The van der Waals surface area contributed by atoms with E-state index in [4.69, 9.17) is 0 Å². The van der Waals surface area contributed by atoms with Crippen LogP contribution >= 0.6 is 0 Å². The summed E-state index contributed by atoms with van der Waals surface area (Å²) in [5, 5.41) is 9.81. The molecule has 1 N–H and O–H groups in total. The van der Waals surface area contributed by atoms with Gasteiger partial charge in [0.15, 0.2) is 5.78 Å². The number of rotatable bonds is 5. The first kappa shape index (κ1) is 14.5. The largest absolute Gasteiger partial charge is 0.507 e. The van der Waals surface area contributed by atoms with Crippen molar-refractivity contribution in [3.63, 3.8) is 0 Å². The van der Waals surface area contributed by atoms with Crippen LogP contribution in [0.4, 0.5) is 0 Å². The lowest BCUT2D eigenvalue weighted by atomic mass is 10.1. The molecule has 0 bridgehead atoms. The minimum Gasteiger partial charge on any atom is -0.507 e. The second-order valence-electron chi connectivity index (χ2n) is 4.43. The zero-order chi connectivity index (χ0) is 14.9. The Morgan fingerprint density at radius 2 is 1.48 bits per heavy atom. The van der Waals surface area contributed by atoms with Gasteiger partial charge in [0.25, 0.3) is 0 Å². The van der Waals surface area contributed by atoms with E-state index in [1.54, 1.807) is 24.3 Å². The molecule has 2 nitrogen and oxygen atoms in total. The van der Waals surface area contributed by atoms with Crippen LogP contribution in [0.2, 0.25) is 0 Å². The van der Waals surface area contributed by atoms with Crippen molar-refractivity contribution in [3.05, 3.63) is 96.1 Å². The predicted molar refractivity (Wildman–Crippen MR) is 86.7 cm³/mol. The van der Waals surface area contributed by atoms with Crippen molar-refractivity contribution < 1.29 is 9.90 Å². The van der Waals surface area contributed by atoms with Gasteiger partial charge in [-0.1, -0.05) is 78.9 Å². The lowest BCUT2D eigenvalue weighted by Gasteiger charge is -1.97. The van der Waals surface area contributed by atoms with Crippen LogP contribution in [0.15, 0.2) is 85.0 Å². The normalized spacial score (nSPS) is 12.1. The van der Waals surface area contributed by atoms with Gasteiger partial charge in [0.1, 0.15) is 5.76 Å². The summed E-state index contributed by atoms with van der Waals surface area (Å²) in [6, 6.07) is 18.8. The summed E-state index contributed by atoms with van der Waals surface area (Å²) in [4.78, 5) is 11.7. The topological polar surface area (TPSA) is 37.3 Å². The summed E-state index contributed by atoms with van der Waals surface area (Å²) in [7, 11) is 0. The maximum atomic E-state index is 11.7. The van der Waals surface area contributed by atoms with Gasteiger partial charge in [-0.2, -0.15) is 0 Å². The minimum absolute atomic E-state index is 0.0303. The van der Waals surface area contributed by atoms with Crippen LogP contribution in [0.25, 0.3) is 11.8 Å². The smallest absolute Gasteiger partial charge is 0.182 e. The fraction of sp³-hybridized carbons (Fsp3) is 0. The molecule has 2 heteroatoms. The molecule has 0 heterocycles. The van der Waals surface area contributed by atoms with E-state index in [1.165, 1.54) is 12.2 Å². The van der Waals surface area contributed by atoms with Gasteiger partial charge >= 0.3 is 0 Å². The first-order chi connectivity index (χ1) is 10.3. The van der Waals surface area contributed by atoms with E-state index in [2.05, 4.69) is 0 Å². The molecule has 0 radical (unpaired) electrons. The number of ketones is 1. The van der Waals surface area contributed by atoms with Crippen LogP contribution in [0.1, 0.15) is 11.1 Å². The van der Waals surface area contributed by atoms with Crippen LogP contribution in [0.5, 0.6) is 0 Å². The van der Waals surface area contributed by atoms with E-state index in [1.807, 2.05) is 54.6 Å². The Labute approximate surface area is 124 Å². The quantitative estimate of drug-likeness (QED) is 0.498. The summed E-state index contributed by atoms with van der Waals surface area (Å²) < 4.78 is 0. The number of benzene rings is 2. The van der Waals surface area contributed by atoms with E-state index in [0.717, 1.165) is 5.56 Å². The highest BCUT2D eigenvalue weighted by Gasteiger charge is 1.99. The van der Waals surface area contributed by atoms with E-state index < -0.39 is 0 Å². The molecule has 0 unspecified atom stereocenters. The third kappa shape index (κ3) is 4.96. The van der Waals surface area contributed by atoms with E-state index >= 15 is 0 Å². The third-order valence-electron chi connectivity index (χ3n) is 2.81. The van der Waals surface area contributed by atoms with Crippen LogP contribution < -0.4 is 0 Å². The molecule has 0 atom stereocenters. The molecule has 2 aromatic rings. The lowest BCUT2D eigenvalue weighted by Crippen LogP contribution is -1.90. The van der Waals surface area contributed by atoms with Gasteiger partial charge in [-0.3, -0.25) is 4.79 Å². The van der Waals surface area contributed by atoms with Gasteiger partial charge < -0.3 is 5.11 Å². The lowest BCUT2D eigenvalue weighted by molar-refractivity contribution is -0.110. The van der Waals surface area contributed by atoms with Gasteiger partial charge in [0.2, 0.25) is 0 Å². The predicted octanol–water partition coefficient (Wildman–Crippen LogP) is 4.42. The van der Waals surface area contributed by atoms with Crippen LogP contribution in [-0.4, -0.2) is 10.9 Å². The summed E-state index contributed by atoms with van der Waals surface area (Å²) in [6.45, 7) is 0. The maximum Gasteiger partial charge on any atom is 0.182 e. The fourth-order valence-electron chi connectivity index (χ4n) is 1.76. The zero-order valence-corrected chi connectivity index (χ0v) is 11.5. The Morgan fingerprint density at radius 3 is 2.14 bits per heavy atom. The highest BCUT2D eigenvalue weighted by Crippen LogP contribution is 2.10. The van der Waals surface area contributed by atoms with Crippen molar-refractivity contribution in [3.8, 4) is 0 Å². The monoisotopic (exact) mass is 276 g/mol. The SMILES string of the molecule is O=C(C=CC=Cc1ccccc1)C=C(O)c1ccccc1. The number of hydrogen-bond acceptors (Lipinski definition) is 2. The standard InChI is InChI=1S/C19H16O2/c20-18(15-19(21)17-12-5-2-6-13-17)14-8-7-11-16-9-3-1-4-10-16/h1-15,21H. The highest BCUT2D eigenvalue weighted by molar-refractivity contribution is 6.03. The zero-order valence-electron chi connectivity index (χ0n) is 11.5. The average molecular weight is 276 g/mol. The van der Waals surface area contributed by atoms with Crippen LogP contribution in [-0.2, 0) is 4.79 Å². The molecule has 0 aliphatic rings.